The van der Waals surface area contributed by atoms with E-state index in [1.165, 1.54) is 6.07 Å². The van der Waals surface area contributed by atoms with Gasteiger partial charge in [-0.15, -0.1) is 0 Å². The fourth-order valence-corrected chi connectivity index (χ4v) is 2.17. The second-order valence-corrected chi connectivity index (χ2v) is 4.96. The molecule has 2 rings (SSSR count). The highest BCUT2D eigenvalue weighted by Gasteiger charge is 2.16. The summed E-state index contributed by atoms with van der Waals surface area (Å²) in [5.41, 5.74) is 1.36. The fraction of sp³-hybridized carbons (Fsp3) is 0.400. The minimum atomic E-state index is -0.897. The molecule has 1 aromatic carbocycles. The average molecular weight is 250 g/mol. The lowest BCUT2D eigenvalue weighted by Crippen LogP contribution is -2.12. The van der Waals surface area contributed by atoms with Crippen LogP contribution in [0.5, 0.6) is 0 Å². The summed E-state index contributed by atoms with van der Waals surface area (Å²) in [6.07, 6.45) is 4.88. The van der Waals surface area contributed by atoms with Crippen molar-refractivity contribution in [1.29, 1.82) is 0 Å². The minimum Gasteiger partial charge on any atom is -0.294 e. The van der Waals surface area contributed by atoms with E-state index in [-0.39, 0.29) is 12.2 Å². The first-order valence-corrected chi connectivity index (χ1v) is 6.22. The number of hydrogen-bond acceptors (Lipinski definition) is 1. The Bertz CT molecular complexity index is 491. The van der Waals surface area contributed by atoms with E-state index >= 15 is 0 Å². The van der Waals surface area contributed by atoms with Crippen LogP contribution in [0.4, 0.5) is 8.78 Å². The van der Waals surface area contributed by atoms with Gasteiger partial charge in [0, 0.05) is 6.42 Å². The van der Waals surface area contributed by atoms with E-state index in [1.807, 2.05) is 6.08 Å². The zero-order valence-corrected chi connectivity index (χ0v) is 10.4. The molecule has 0 bridgehead atoms. The summed E-state index contributed by atoms with van der Waals surface area (Å²) >= 11 is 0. The molecule has 0 aliphatic heterocycles. The topological polar surface area (TPSA) is 17.1 Å². The summed E-state index contributed by atoms with van der Waals surface area (Å²) in [5, 5.41) is 0. The molecule has 0 heterocycles. The standard InChI is InChI=1S/C15H16F2O/c1-10-2-5-12(6-3-10)15(18)9-11-4-7-13(16)14(17)8-11/h4-5,7-8,10H,2-3,6,9H2,1H3. The summed E-state index contributed by atoms with van der Waals surface area (Å²) < 4.78 is 25.8. The maximum Gasteiger partial charge on any atom is 0.162 e. The normalized spacial score (nSPS) is 19.5. The molecular formula is C15H16F2O. The lowest BCUT2D eigenvalue weighted by molar-refractivity contribution is -0.115. The zero-order chi connectivity index (χ0) is 13.1. The molecule has 0 fully saturated rings. The van der Waals surface area contributed by atoms with Gasteiger partial charge in [-0.2, -0.15) is 0 Å². The van der Waals surface area contributed by atoms with Gasteiger partial charge in [-0.1, -0.05) is 19.1 Å². The third-order valence-corrected chi connectivity index (χ3v) is 3.38. The van der Waals surface area contributed by atoms with Gasteiger partial charge in [-0.25, -0.2) is 8.78 Å². The van der Waals surface area contributed by atoms with E-state index < -0.39 is 11.6 Å². The summed E-state index contributed by atoms with van der Waals surface area (Å²) in [7, 11) is 0. The molecular weight excluding hydrogens is 234 g/mol. The van der Waals surface area contributed by atoms with Crippen molar-refractivity contribution in [3.63, 3.8) is 0 Å². The zero-order valence-electron chi connectivity index (χ0n) is 10.4. The number of allylic oxidation sites excluding steroid dienone is 2. The van der Waals surface area contributed by atoms with Crippen LogP contribution >= 0.6 is 0 Å². The van der Waals surface area contributed by atoms with Gasteiger partial charge in [0.1, 0.15) is 0 Å². The molecule has 1 aliphatic carbocycles. The number of Topliss-reactive ketones (excluding diaryl/α,β-unsaturated/α-hetero) is 1. The molecule has 1 unspecified atom stereocenters. The van der Waals surface area contributed by atoms with E-state index in [4.69, 9.17) is 0 Å². The minimum absolute atomic E-state index is 0.0212. The van der Waals surface area contributed by atoms with Crippen molar-refractivity contribution in [3.05, 3.63) is 47.0 Å². The van der Waals surface area contributed by atoms with Crippen LogP contribution in [0.3, 0.4) is 0 Å². The second-order valence-electron chi connectivity index (χ2n) is 4.96. The highest BCUT2D eigenvalue weighted by molar-refractivity contribution is 5.96. The quantitative estimate of drug-likeness (QED) is 0.797. The van der Waals surface area contributed by atoms with E-state index in [1.54, 1.807) is 0 Å². The SMILES string of the molecule is CC1CC=C(C(=O)Cc2ccc(F)c(F)c2)CC1. The van der Waals surface area contributed by atoms with Gasteiger partial charge < -0.3 is 0 Å². The fourth-order valence-electron chi connectivity index (χ4n) is 2.17. The molecule has 0 radical (unpaired) electrons. The first-order chi connectivity index (χ1) is 8.56. The molecule has 0 amide bonds. The van der Waals surface area contributed by atoms with Crippen molar-refractivity contribution >= 4 is 5.78 Å². The van der Waals surface area contributed by atoms with Crippen LogP contribution in [-0.4, -0.2) is 5.78 Å². The Hall–Kier alpha value is -1.51. The number of ketones is 1. The molecule has 96 valence electrons. The Morgan fingerprint density at radius 3 is 2.72 bits per heavy atom. The predicted octanol–water partition coefficient (Wildman–Crippen LogP) is 3.82. The van der Waals surface area contributed by atoms with E-state index in [9.17, 15) is 13.6 Å². The van der Waals surface area contributed by atoms with Crippen LogP contribution in [0.15, 0.2) is 29.8 Å². The van der Waals surface area contributed by atoms with Gasteiger partial charge in [0.05, 0.1) is 0 Å². The molecule has 0 saturated carbocycles. The average Bonchev–Trinajstić information content (AvgIpc) is 2.34. The highest BCUT2D eigenvalue weighted by Crippen LogP contribution is 2.24. The number of carbonyl (C=O) groups excluding carboxylic acids is 1. The first-order valence-electron chi connectivity index (χ1n) is 6.22. The number of benzene rings is 1. The van der Waals surface area contributed by atoms with Crippen molar-refractivity contribution in [2.24, 2.45) is 5.92 Å². The van der Waals surface area contributed by atoms with Crippen molar-refractivity contribution in [2.75, 3.05) is 0 Å². The van der Waals surface area contributed by atoms with Crippen molar-refractivity contribution in [3.8, 4) is 0 Å². The van der Waals surface area contributed by atoms with Gasteiger partial charge in [-0.3, -0.25) is 4.79 Å². The molecule has 0 spiro atoms. The van der Waals surface area contributed by atoms with Gasteiger partial charge in [-0.05, 0) is 48.4 Å². The maximum atomic E-state index is 13.0. The van der Waals surface area contributed by atoms with Gasteiger partial charge in [0.2, 0.25) is 0 Å². The van der Waals surface area contributed by atoms with E-state index in [0.717, 1.165) is 37.0 Å². The predicted molar refractivity (Wildman–Crippen MR) is 66.2 cm³/mol. The highest BCUT2D eigenvalue weighted by atomic mass is 19.2. The Balaban J connectivity index is 2.05. The molecule has 3 heteroatoms. The monoisotopic (exact) mass is 250 g/mol. The van der Waals surface area contributed by atoms with Crippen LogP contribution in [0.2, 0.25) is 0 Å². The molecule has 1 nitrogen and oxygen atoms in total. The first kappa shape index (κ1) is 12.9. The summed E-state index contributed by atoms with van der Waals surface area (Å²) in [5.74, 6) is -1.12. The van der Waals surface area contributed by atoms with Crippen molar-refractivity contribution in [2.45, 2.75) is 32.6 Å². The number of rotatable bonds is 3. The molecule has 1 aliphatic rings. The van der Waals surface area contributed by atoms with Crippen LogP contribution in [0, 0.1) is 17.6 Å². The Kier molecular flexibility index (Phi) is 3.90. The third-order valence-electron chi connectivity index (χ3n) is 3.38. The molecule has 0 aromatic heterocycles. The lowest BCUT2D eigenvalue weighted by Gasteiger charge is -2.17. The van der Waals surface area contributed by atoms with Gasteiger partial charge >= 0.3 is 0 Å². The summed E-state index contributed by atoms with van der Waals surface area (Å²) in [6.45, 7) is 2.16. The Labute approximate surface area is 106 Å². The second kappa shape index (κ2) is 5.42. The number of hydrogen-bond donors (Lipinski definition) is 0. The summed E-state index contributed by atoms with van der Waals surface area (Å²) in [6, 6.07) is 3.62. The van der Waals surface area contributed by atoms with Gasteiger partial charge in [0.25, 0.3) is 0 Å². The molecule has 0 saturated heterocycles. The van der Waals surface area contributed by atoms with Crippen molar-refractivity contribution < 1.29 is 13.6 Å². The van der Waals surface area contributed by atoms with Gasteiger partial charge in [0.15, 0.2) is 17.4 Å². The number of halogens is 2. The van der Waals surface area contributed by atoms with Crippen molar-refractivity contribution in [1.82, 2.24) is 0 Å². The summed E-state index contributed by atoms with van der Waals surface area (Å²) in [4.78, 5) is 12.0. The largest absolute Gasteiger partial charge is 0.294 e. The van der Waals surface area contributed by atoms with Crippen LogP contribution in [0.1, 0.15) is 31.7 Å². The lowest BCUT2D eigenvalue weighted by atomic mass is 9.88. The third kappa shape index (κ3) is 3.03. The molecule has 18 heavy (non-hydrogen) atoms. The maximum absolute atomic E-state index is 13.0. The smallest absolute Gasteiger partial charge is 0.162 e. The molecule has 1 aromatic rings. The molecule has 0 N–H and O–H groups in total. The molecule has 1 atom stereocenters. The van der Waals surface area contributed by atoms with Crippen LogP contribution < -0.4 is 0 Å². The van der Waals surface area contributed by atoms with Crippen LogP contribution in [-0.2, 0) is 11.2 Å². The van der Waals surface area contributed by atoms with E-state index in [0.29, 0.717) is 11.5 Å². The van der Waals surface area contributed by atoms with E-state index in [2.05, 4.69) is 6.92 Å². The Morgan fingerprint density at radius 1 is 1.33 bits per heavy atom. The van der Waals surface area contributed by atoms with Crippen LogP contribution in [0.25, 0.3) is 0 Å². The Morgan fingerprint density at radius 2 is 2.11 bits per heavy atom. The number of carbonyl (C=O) groups is 1.